The Bertz CT molecular complexity index is 1290. The Morgan fingerprint density at radius 1 is 1.12 bits per heavy atom. The lowest BCUT2D eigenvalue weighted by Crippen LogP contribution is -2.21. The molecule has 1 N–H and O–H groups in total. The molecule has 0 saturated carbocycles. The first kappa shape index (κ1) is 22.2. The fraction of sp³-hybridized carbons (Fsp3) is 0.190. The number of rotatable bonds is 6. The van der Waals surface area contributed by atoms with E-state index in [-0.39, 0.29) is 0 Å². The molecule has 0 aliphatic heterocycles. The number of alkyl halides is 4. The van der Waals surface area contributed by atoms with Gasteiger partial charge in [0.05, 0.1) is 15.2 Å². The zero-order valence-corrected chi connectivity index (χ0v) is 18.0. The van der Waals surface area contributed by atoms with Crippen LogP contribution in [0.3, 0.4) is 0 Å². The van der Waals surface area contributed by atoms with Crippen molar-refractivity contribution in [1.29, 1.82) is 0 Å². The average Bonchev–Trinajstić information content (AvgIpc) is 3.29. The number of anilines is 1. The minimum Gasteiger partial charge on any atom is -0.324 e. The largest absolute Gasteiger partial charge is 0.324 e. The number of aromatic nitrogens is 3. The average molecular weight is 483 g/mol. The van der Waals surface area contributed by atoms with Crippen molar-refractivity contribution in [1.82, 2.24) is 14.8 Å². The maximum absolute atomic E-state index is 13.2. The third kappa shape index (κ3) is 4.46. The van der Waals surface area contributed by atoms with Crippen molar-refractivity contribution in [2.45, 2.75) is 26.3 Å². The topological polar surface area (TPSA) is 59.8 Å². The highest BCUT2D eigenvalue weighted by Crippen LogP contribution is 2.35. The SMILES string of the molecule is Cc1ccc2nc(-c3ccc(NC(=O)Cn4nc(C(F)F)c(Cl)c4C(F)F)cc3)sc2c1. The summed E-state index contributed by atoms with van der Waals surface area (Å²) in [6.07, 6.45) is -6.30. The Morgan fingerprint density at radius 3 is 2.50 bits per heavy atom. The number of thiazole rings is 1. The summed E-state index contributed by atoms with van der Waals surface area (Å²) in [4.78, 5) is 16.9. The zero-order valence-electron chi connectivity index (χ0n) is 16.5. The number of nitrogens with one attached hydrogen (secondary N) is 1. The highest BCUT2D eigenvalue weighted by molar-refractivity contribution is 7.21. The fourth-order valence-electron chi connectivity index (χ4n) is 3.13. The van der Waals surface area contributed by atoms with Gasteiger partial charge in [-0.15, -0.1) is 11.3 Å². The Kier molecular flexibility index (Phi) is 6.16. The first-order valence-electron chi connectivity index (χ1n) is 9.33. The van der Waals surface area contributed by atoms with Crippen LogP contribution in [-0.2, 0) is 11.3 Å². The molecule has 2 heterocycles. The molecule has 1 amide bonds. The summed E-state index contributed by atoms with van der Waals surface area (Å²) in [5.41, 5.74) is 1.39. The maximum Gasteiger partial charge on any atom is 0.283 e. The molecule has 0 bridgehead atoms. The van der Waals surface area contributed by atoms with Gasteiger partial charge in [-0.2, -0.15) is 5.10 Å². The molecule has 0 aliphatic carbocycles. The highest BCUT2D eigenvalue weighted by Gasteiger charge is 2.28. The maximum atomic E-state index is 13.2. The van der Waals surface area contributed by atoms with Crippen LogP contribution >= 0.6 is 22.9 Å². The summed E-state index contributed by atoms with van der Waals surface area (Å²) in [7, 11) is 0. The molecular formula is C21H15ClF4N4OS. The fourth-order valence-corrected chi connectivity index (χ4v) is 4.50. The van der Waals surface area contributed by atoms with E-state index >= 15 is 0 Å². The smallest absolute Gasteiger partial charge is 0.283 e. The number of nitrogens with zero attached hydrogens (tertiary/aromatic N) is 3. The van der Waals surface area contributed by atoms with Crippen LogP contribution in [0.4, 0.5) is 23.2 Å². The molecular weight excluding hydrogens is 468 g/mol. The van der Waals surface area contributed by atoms with Gasteiger partial charge >= 0.3 is 0 Å². The number of aryl methyl sites for hydroxylation is 1. The lowest BCUT2D eigenvalue weighted by Gasteiger charge is -2.08. The lowest BCUT2D eigenvalue weighted by molar-refractivity contribution is -0.117. The first-order valence-corrected chi connectivity index (χ1v) is 10.5. The lowest BCUT2D eigenvalue weighted by atomic mass is 10.2. The van der Waals surface area contributed by atoms with Crippen molar-refractivity contribution in [2.24, 2.45) is 0 Å². The first-order chi connectivity index (χ1) is 15.2. The Balaban J connectivity index is 1.49. The predicted octanol–water partition coefficient (Wildman–Crippen LogP) is 6.64. The molecule has 2 aromatic heterocycles. The van der Waals surface area contributed by atoms with Gasteiger partial charge in [0, 0.05) is 11.3 Å². The number of fused-ring (bicyclic) bond motifs is 1. The van der Waals surface area contributed by atoms with Gasteiger partial charge in [-0.25, -0.2) is 22.5 Å². The Morgan fingerprint density at radius 2 is 1.84 bits per heavy atom. The van der Waals surface area contributed by atoms with E-state index in [0.717, 1.165) is 26.4 Å². The van der Waals surface area contributed by atoms with Gasteiger partial charge in [0.2, 0.25) is 5.91 Å². The van der Waals surface area contributed by atoms with Gasteiger partial charge in [-0.1, -0.05) is 17.7 Å². The third-order valence-corrected chi connectivity index (χ3v) is 6.08. The van der Waals surface area contributed by atoms with Gasteiger partial charge in [0.25, 0.3) is 12.9 Å². The molecule has 4 rings (SSSR count). The van der Waals surface area contributed by atoms with Gasteiger partial charge in [-0.05, 0) is 48.9 Å². The quantitative estimate of drug-likeness (QED) is 0.313. The summed E-state index contributed by atoms with van der Waals surface area (Å²) in [5.74, 6) is -0.713. The summed E-state index contributed by atoms with van der Waals surface area (Å²) >= 11 is 7.14. The van der Waals surface area contributed by atoms with E-state index in [0.29, 0.717) is 10.4 Å². The van der Waals surface area contributed by atoms with Crippen LogP contribution in [-0.4, -0.2) is 20.7 Å². The molecule has 2 aromatic carbocycles. The van der Waals surface area contributed by atoms with Crippen LogP contribution in [0.5, 0.6) is 0 Å². The van der Waals surface area contributed by atoms with Crippen LogP contribution in [0, 0.1) is 6.92 Å². The second-order valence-corrected chi connectivity index (χ2v) is 8.37. The molecule has 166 valence electrons. The third-order valence-electron chi connectivity index (χ3n) is 4.62. The van der Waals surface area contributed by atoms with Gasteiger partial charge in [0.15, 0.2) is 0 Å². The van der Waals surface area contributed by atoms with Crippen molar-refractivity contribution in [3.63, 3.8) is 0 Å². The summed E-state index contributed by atoms with van der Waals surface area (Å²) in [5, 5.41) is 5.90. The number of hydrogen-bond donors (Lipinski definition) is 1. The normalized spacial score (nSPS) is 11.6. The second-order valence-electron chi connectivity index (χ2n) is 6.96. The molecule has 32 heavy (non-hydrogen) atoms. The number of carbonyl (C=O) groups is 1. The number of hydrogen-bond acceptors (Lipinski definition) is 4. The van der Waals surface area contributed by atoms with E-state index in [1.54, 1.807) is 35.6 Å². The highest BCUT2D eigenvalue weighted by atomic mass is 35.5. The van der Waals surface area contributed by atoms with E-state index in [2.05, 4.69) is 21.5 Å². The van der Waals surface area contributed by atoms with Crippen molar-refractivity contribution in [3.8, 4) is 10.6 Å². The van der Waals surface area contributed by atoms with Crippen LogP contribution in [0.1, 0.15) is 29.8 Å². The Hall–Kier alpha value is -2.98. The minimum atomic E-state index is -3.16. The second kappa shape index (κ2) is 8.87. The van der Waals surface area contributed by atoms with Crippen LogP contribution in [0.2, 0.25) is 5.02 Å². The van der Waals surface area contributed by atoms with Crippen molar-refractivity contribution in [2.75, 3.05) is 5.32 Å². The number of halogens is 5. The van der Waals surface area contributed by atoms with Crippen LogP contribution in [0.25, 0.3) is 20.8 Å². The summed E-state index contributed by atoms with van der Waals surface area (Å²) < 4.78 is 53.9. The molecule has 0 fully saturated rings. The molecule has 11 heteroatoms. The molecule has 4 aromatic rings. The van der Waals surface area contributed by atoms with E-state index in [9.17, 15) is 22.4 Å². The molecule has 0 aliphatic rings. The summed E-state index contributed by atoms with van der Waals surface area (Å²) in [6, 6.07) is 12.8. The van der Waals surface area contributed by atoms with Crippen LogP contribution < -0.4 is 5.32 Å². The number of amides is 1. The van der Waals surface area contributed by atoms with Crippen molar-refractivity contribution >= 4 is 44.7 Å². The van der Waals surface area contributed by atoms with Gasteiger partial charge in [-0.3, -0.25) is 9.48 Å². The van der Waals surface area contributed by atoms with E-state index in [1.165, 1.54) is 0 Å². The number of benzene rings is 2. The molecule has 0 atom stereocenters. The molecule has 0 saturated heterocycles. The number of carbonyl (C=O) groups excluding carboxylic acids is 1. The van der Waals surface area contributed by atoms with Crippen molar-refractivity contribution < 1.29 is 22.4 Å². The molecule has 0 unspecified atom stereocenters. The predicted molar refractivity (Wildman–Crippen MR) is 116 cm³/mol. The minimum absolute atomic E-state index is 0.404. The zero-order chi connectivity index (χ0) is 23.0. The van der Waals surface area contributed by atoms with E-state index < -0.39 is 41.7 Å². The molecule has 0 radical (unpaired) electrons. The van der Waals surface area contributed by atoms with Crippen LogP contribution in [0.15, 0.2) is 42.5 Å². The van der Waals surface area contributed by atoms with Gasteiger partial charge in [0.1, 0.15) is 22.9 Å². The molecule has 0 spiro atoms. The Labute approximate surface area is 188 Å². The van der Waals surface area contributed by atoms with E-state index in [1.807, 2.05) is 19.1 Å². The van der Waals surface area contributed by atoms with Crippen molar-refractivity contribution in [3.05, 3.63) is 64.4 Å². The molecule has 5 nitrogen and oxygen atoms in total. The van der Waals surface area contributed by atoms with Gasteiger partial charge < -0.3 is 5.32 Å². The summed E-state index contributed by atoms with van der Waals surface area (Å²) in [6.45, 7) is 1.32. The standard InChI is InChI=1S/C21H15ClF4N4OS/c1-10-2-7-13-14(8-10)32-21(28-13)11-3-5-12(6-4-11)27-15(31)9-30-18(20(25)26)16(22)17(29-30)19(23)24/h2-8,19-20H,9H2,1H3,(H,27,31). The van der Waals surface area contributed by atoms with E-state index in [4.69, 9.17) is 11.6 Å². The monoisotopic (exact) mass is 482 g/mol.